The predicted octanol–water partition coefficient (Wildman–Crippen LogP) is 3.84. The van der Waals surface area contributed by atoms with Crippen molar-refractivity contribution >= 4 is 17.6 Å². The van der Waals surface area contributed by atoms with Gasteiger partial charge in [0.05, 0.1) is 6.10 Å². The second-order valence-electron chi connectivity index (χ2n) is 6.12. The van der Waals surface area contributed by atoms with Gasteiger partial charge in [0.2, 0.25) is 0 Å². The summed E-state index contributed by atoms with van der Waals surface area (Å²) >= 11 is 5.95. The number of nitrogens with one attached hydrogen (secondary N) is 1. The van der Waals surface area contributed by atoms with Gasteiger partial charge < -0.3 is 10.4 Å². The van der Waals surface area contributed by atoms with E-state index >= 15 is 0 Å². The van der Waals surface area contributed by atoms with Crippen molar-refractivity contribution in [1.29, 1.82) is 0 Å². The third-order valence-electron chi connectivity index (χ3n) is 3.88. The van der Waals surface area contributed by atoms with E-state index in [4.69, 9.17) is 16.5 Å². The quantitative estimate of drug-likeness (QED) is 0.513. The average Bonchev–Trinajstić information content (AvgIpc) is 2.65. The first-order valence-corrected chi connectivity index (χ1v) is 8.99. The Balaban J connectivity index is 1.78. The third-order valence-corrected chi connectivity index (χ3v) is 4.11. The van der Waals surface area contributed by atoms with Crippen molar-refractivity contribution in [2.75, 3.05) is 6.54 Å². The molecule has 0 aromatic heterocycles. The van der Waals surface area contributed by atoms with Crippen LogP contribution in [0.5, 0.6) is 5.75 Å². The number of hydrogen-bond acceptors (Lipinski definition) is 5. The summed E-state index contributed by atoms with van der Waals surface area (Å²) in [6, 6.07) is 14.7. The van der Waals surface area contributed by atoms with Crippen LogP contribution in [0.1, 0.15) is 37.5 Å². The van der Waals surface area contributed by atoms with E-state index in [1.54, 1.807) is 31.2 Å². The van der Waals surface area contributed by atoms with Gasteiger partial charge in [0, 0.05) is 24.0 Å². The number of benzene rings is 2. The number of carbonyl (C=O) groups is 1. The van der Waals surface area contributed by atoms with Crippen molar-refractivity contribution in [3.8, 4) is 5.75 Å². The first kappa shape index (κ1) is 20.2. The molecule has 0 spiro atoms. The number of halogens is 1. The zero-order valence-corrected chi connectivity index (χ0v) is 15.7. The maximum Gasteiger partial charge on any atom is 0.355 e. The Morgan fingerprint density at radius 1 is 1.23 bits per heavy atom. The van der Waals surface area contributed by atoms with E-state index < -0.39 is 12.1 Å². The normalized spacial score (nSPS) is 13.1. The predicted molar refractivity (Wildman–Crippen MR) is 101 cm³/mol. The molecule has 0 aliphatic heterocycles. The Hall–Kier alpha value is -2.08. The molecule has 2 rings (SSSR count). The fourth-order valence-electron chi connectivity index (χ4n) is 2.40. The molecule has 0 saturated carbocycles. The van der Waals surface area contributed by atoms with E-state index in [0.29, 0.717) is 17.3 Å². The van der Waals surface area contributed by atoms with E-state index in [9.17, 15) is 9.90 Å². The maximum absolute atomic E-state index is 11.1. The molecule has 26 heavy (non-hydrogen) atoms. The summed E-state index contributed by atoms with van der Waals surface area (Å²) in [7, 11) is 0. The van der Waals surface area contributed by atoms with Crippen molar-refractivity contribution < 1.29 is 19.7 Å². The average molecular weight is 378 g/mol. The van der Waals surface area contributed by atoms with Crippen molar-refractivity contribution in [2.24, 2.45) is 0 Å². The lowest BCUT2D eigenvalue weighted by atomic mass is 10.1. The molecular weight excluding hydrogens is 354 g/mol. The van der Waals surface area contributed by atoms with Gasteiger partial charge in [0.25, 0.3) is 0 Å². The Morgan fingerprint density at radius 3 is 2.62 bits per heavy atom. The topological polar surface area (TPSA) is 67.8 Å². The number of aliphatic hydroxyl groups excluding tert-OH is 1. The molecule has 0 radical (unpaired) electrons. The summed E-state index contributed by atoms with van der Waals surface area (Å²) in [5.41, 5.74) is 1.90. The zero-order valence-electron chi connectivity index (χ0n) is 14.9. The SMILES string of the molecule is CCC(=O)OOc1ccc(CC(C)NCC(O)c2cccc(Cl)c2)cc1. The highest BCUT2D eigenvalue weighted by Crippen LogP contribution is 2.18. The van der Waals surface area contributed by atoms with Crippen LogP contribution in [0, 0.1) is 0 Å². The van der Waals surface area contributed by atoms with Crippen LogP contribution in [0.2, 0.25) is 5.02 Å². The number of hydrogen-bond donors (Lipinski definition) is 2. The van der Waals surface area contributed by atoms with Crippen molar-refractivity contribution in [3.63, 3.8) is 0 Å². The summed E-state index contributed by atoms with van der Waals surface area (Å²) in [4.78, 5) is 20.6. The van der Waals surface area contributed by atoms with E-state index in [1.165, 1.54) is 0 Å². The van der Waals surface area contributed by atoms with Gasteiger partial charge in [-0.05, 0) is 48.7 Å². The lowest BCUT2D eigenvalue weighted by Crippen LogP contribution is -2.32. The van der Waals surface area contributed by atoms with E-state index in [0.717, 1.165) is 17.5 Å². The fraction of sp³-hybridized carbons (Fsp3) is 0.350. The van der Waals surface area contributed by atoms with Crippen molar-refractivity contribution in [3.05, 3.63) is 64.7 Å². The highest BCUT2D eigenvalue weighted by molar-refractivity contribution is 6.30. The minimum absolute atomic E-state index is 0.175. The van der Waals surface area contributed by atoms with Crippen LogP contribution in [-0.2, 0) is 16.1 Å². The number of carbonyl (C=O) groups excluding carboxylic acids is 1. The monoisotopic (exact) mass is 377 g/mol. The van der Waals surface area contributed by atoms with Crippen LogP contribution in [0.25, 0.3) is 0 Å². The molecule has 6 heteroatoms. The summed E-state index contributed by atoms with van der Waals surface area (Å²) in [6.45, 7) is 4.19. The second-order valence-corrected chi connectivity index (χ2v) is 6.56. The van der Waals surface area contributed by atoms with Crippen LogP contribution in [0.4, 0.5) is 0 Å². The van der Waals surface area contributed by atoms with Crippen molar-refractivity contribution in [1.82, 2.24) is 5.32 Å². The highest BCUT2D eigenvalue weighted by Gasteiger charge is 2.10. The van der Waals surface area contributed by atoms with Gasteiger partial charge in [-0.3, -0.25) is 9.78 Å². The molecule has 0 bridgehead atoms. The first-order valence-electron chi connectivity index (χ1n) is 8.61. The molecule has 2 N–H and O–H groups in total. The standard InChI is InChI=1S/C20H24ClNO4/c1-3-20(24)26-25-18-9-7-15(8-10-18)11-14(2)22-13-19(23)16-5-4-6-17(21)12-16/h4-10,12,14,19,22-23H,3,11,13H2,1-2H3. The Morgan fingerprint density at radius 2 is 1.96 bits per heavy atom. The lowest BCUT2D eigenvalue weighted by molar-refractivity contribution is -0.213. The Labute approximate surface area is 158 Å². The van der Waals surface area contributed by atoms with Gasteiger partial charge in [0.15, 0.2) is 5.75 Å². The van der Waals surface area contributed by atoms with Gasteiger partial charge >= 0.3 is 5.97 Å². The molecule has 0 aliphatic rings. The van der Waals surface area contributed by atoms with E-state index in [2.05, 4.69) is 17.1 Å². The van der Waals surface area contributed by atoms with E-state index in [1.807, 2.05) is 24.3 Å². The van der Waals surface area contributed by atoms with Crippen LogP contribution in [0.3, 0.4) is 0 Å². The third kappa shape index (κ3) is 6.67. The van der Waals surface area contributed by atoms with Gasteiger partial charge in [-0.15, -0.1) is 0 Å². The molecular formula is C20H24ClNO4. The largest absolute Gasteiger partial charge is 0.387 e. The molecule has 2 aromatic carbocycles. The Kier molecular flexibility index (Phi) is 7.91. The molecule has 140 valence electrons. The van der Waals surface area contributed by atoms with Gasteiger partial charge in [0.1, 0.15) is 0 Å². The molecule has 0 fully saturated rings. The van der Waals surface area contributed by atoms with Crippen LogP contribution in [0.15, 0.2) is 48.5 Å². The molecule has 5 nitrogen and oxygen atoms in total. The summed E-state index contributed by atoms with van der Waals surface area (Å²) in [5.74, 6) is 0.0673. The smallest absolute Gasteiger partial charge is 0.355 e. The minimum Gasteiger partial charge on any atom is -0.387 e. The molecule has 0 heterocycles. The van der Waals surface area contributed by atoms with Crippen LogP contribution >= 0.6 is 11.6 Å². The van der Waals surface area contributed by atoms with Crippen LogP contribution < -0.4 is 10.2 Å². The second kappa shape index (κ2) is 10.2. The molecule has 2 unspecified atom stereocenters. The minimum atomic E-state index is -0.611. The Bertz CT molecular complexity index is 705. The van der Waals surface area contributed by atoms with Gasteiger partial charge in [-0.1, -0.05) is 42.8 Å². The molecule has 0 aliphatic carbocycles. The summed E-state index contributed by atoms with van der Waals surface area (Å²) in [6.07, 6.45) is 0.444. The molecule has 2 atom stereocenters. The number of rotatable bonds is 9. The number of aliphatic hydroxyl groups is 1. The highest BCUT2D eigenvalue weighted by atomic mass is 35.5. The first-order chi connectivity index (χ1) is 12.5. The van der Waals surface area contributed by atoms with Gasteiger partial charge in [-0.25, -0.2) is 4.79 Å². The molecule has 0 saturated heterocycles. The summed E-state index contributed by atoms with van der Waals surface area (Å²) in [5, 5.41) is 14.2. The fourth-order valence-corrected chi connectivity index (χ4v) is 2.60. The van der Waals surface area contributed by atoms with E-state index in [-0.39, 0.29) is 12.5 Å². The zero-order chi connectivity index (χ0) is 18.9. The molecule has 0 amide bonds. The van der Waals surface area contributed by atoms with Gasteiger partial charge in [-0.2, -0.15) is 0 Å². The maximum atomic E-state index is 11.1. The summed E-state index contributed by atoms with van der Waals surface area (Å²) < 4.78 is 0. The van der Waals surface area contributed by atoms with Crippen molar-refractivity contribution in [2.45, 2.75) is 38.8 Å². The molecule has 2 aromatic rings. The van der Waals surface area contributed by atoms with Crippen LogP contribution in [-0.4, -0.2) is 23.7 Å². The lowest BCUT2D eigenvalue weighted by Gasteiger charge is -2.18.